The molecule has 5 nitrogen and oxygen atoms in total. The van der Waals surface area contributed by atoms with Gasteiger partial charge in [-0.3, -0.25) is 4.99 Å². The number of aliphatic imine (C=N–C) groups is 1. The number of benzene rings is 1. The summed E-state index contributed by atoms with van der Waals surface area (Å²) < 4.78 is 13.3. The summed E-state index contributed by atoms with van der Waals surface area (Å²) in [5.74, 6) is 0.616. The lowest BCUT2D eigenvalue weighted by atomic mass is 10.1. The molecule has 150 valence electrons. The second-order valence-corrected chi connectivity index (χ2v) is 6.97. The minimum Gasteiger partial charge on any atom is -0.361 e. The lowest BCUT2D eigenvalue weighted by Gasteiger charge is -2.21. The van der Waals surface area contributed by atoms with E-state index >= 15 is 0 Å². The minimum atomic E-state index is -0.214. The molecule has 1 atom stereocenters. The van der Waals surface area contributed by atoms with E-state index < -0.39 is 0 Å². The SMILES string of the molecule is CCN(CC)CCCC(C)NC(=NC)NCCc1c[nH]c2cc(F)ccc12. The average Bonchev–Trinajstić information content (AvgIpc) is 3.06. The first-order valence-corrected chi connectivity index (χ1v) is 10.0. The Hall–Kier alpha value is -2.08. The zero-order valence-corrected chi connectivity index (χ0v) is 17.1. The highest BCUT2D eigenvalue weighted by Crippen LogP contribution is 2.19. The van der Waals surface area contributed by atoms with Crippen molar-refractivity contribution < 1.29 is 4.39 Å². The van der Waals surface area contributed by atoms with Crippen molar-refractivity contribution in [3.05, 3.63) is 35.8 Å². The highest BCUT2D eigenvalue weighted by molar-refractivity contribution is 5.83. The Morgan fingerprint density at radius 2 is 2.07 bits per heavy atom. The Morgan fingerprint density at radius 3 is 2.78 bits per heavy atom. The number of H-pyrrole nitrogens is 1. The lowest BCUT2D eigenvalue weighted by Crippen LogP contribution is -2.43. The summed E-state index contributed by atoms with van der Waals surface area (Å²) in [6.45, 7) is 10.8. The Bertz CT molecular complexity index is 720. The van der Waals surface area contributed by atoms with Crippen LogP contribution in [0.5, 0.6) is 0 Å². The van der Waals surface area contributed by atoms with Crippen molar-refractivity contribution in [2.75, 3.05) is 33.2 Å². The molecule has 0 spiro atoms. The van der Waals surface area contributed by atoms with Crippen LogP contribution in [-0.2, 0) is 6.42 Å². The van der Waals surface area contributed by atoms with Crippen LogP contribution in [-0.4, -0.2) is 55.1 Å². The number of guanidine groups is 1. The summed E-state index contributed by atoms with van der Waals surface area (Å²) in [5, 5.41) is 7.92. The fourth-order valence-corrected chi connectivity index (χ4v) is 3.34. The van der Waals surface area contributed by atoms with Gasteiger partial charge in [0, 0.05) is 36.7 Å². The van der Waals surface area contributed by atoms with Crippen molar-refractivity contribution in [1.82, 2.24) is 20.5 Å². The van der Waals surface area contributed by atoms with Gasteiger partial charge in [-0.2, -0.15) is 0 Å². The number of fused-ring (bicyclic) bond motifs is 1. The van der Waals surface area contributed by atoms with E-state index in [1.807, 2.05) is 12.3 Å². The smallest absolute Gasteiger partial charge is 0.191 e. The van der Waals surface area contributed by atoms with E-state index in [4.69, 9.17) is 0 Å². The van der Waals surface area contributed by atoms with Crippen molar-refractivity contribution in [1.29, 1.82) is 0 Å². The molecule has 0 aliphatic rings. The molecule has 0 saturated heterocycles. The summed E-state index contributed by atoms with van der Waals surface area (Å²) >= 11 is 0. The molecule has 2 aromatic rings. The molecule has 2 rings (SSSR count). The molecule has 1 aromatic heterocycles. The van der Waals surface area contributed by atoms with Crippen molar-refractivity contribution in [3.63, 3.8) is 0 Å². The molecule has 1 heterocycles. The van der Waals surface area contributed by atoms with Gasteiger partial charge in [0.2, 0.25) is 0 Å². The molecular formula is C21H34FN5. The summed E-state index contributed by atoms with van der Waals surface area (Å²) in [5.41, 5.74) is 2.02. The van der Waals surface area contributed by atoms with Crippen molar-refractivity contribution >= 4 is 16.9 Å². The van der Waals surface area contributed by atoms with Crippen LogP contribution in [0, 0.1) is 5.82 Å². The van der Waals surface area contributed by atoms with Crippen LogP contribution in [0.3, 0.4) is 0 Å². The summed E-state index contributed by atoms with van der Waals surface area (Å²) in [4.78, 5) is 9.91. The molecule has 0 bridgehead atoms. The Kier molecular flexibility index (Phi) is 8.58. The predicted octanol–water partition coefficient (Wildman–Crippen LogP) is 3.53. The first kappa shape index (κ1) is 21.2. The fourth-order valence-electron chi connectivity index (χ4n) is 3.34. The van der Waals surface area contributed by atoms with Crippen LogP contribution < -0.4 is 10.6 Å². The molecule has 27 heavy (non-hydrogen) atoms. The number of nitrogens with one attached hydrogen (secondary N) is 3. The Labute approximate surface area is 162 Å². The van der Waals surface area contributed by atoms with Crippen LogP contribution in [0.4, 0.5) is 4.39 Å². The van der Waals surface area contributed by atoms with Crippen LogP contribution >= 0.6 is 0 Å². The van der Waals surface area contributed by atoms with E-state index in [0.29, 0.717) is 6.04 Å². The number of rotatable bonds is 10. The number of hydrogen-bond donors (Lipinski definition) is 3. The number of hydrogen-bond acceptors (Lipinski definition) is 2. The second kappa shape index (κ2) is 10.9. The van der Waals surface area contributed by atoms with E-state index in [-0.39, 0.29) is 5.82 Å². The maximum absolute atomic E-state index is 13.3. The highest BCUT2D eigenvalue weighted by Gasteiger charge is 2.08. The van der Waals surface area contributed by atoms with Gasteiger partial charge in [-0.25, -0.2) is 4.39 Å². The fraction of sp³-hybridized carbons (Fsp3) is 0.571. The van der Waals surface area contributed by atoms with Crippen LogP contribution in [0.15, 0.2) is 29.4 Å². The second-order valence-electron chi connectivity index (χ2n) is 6.97. The molecular weight excluding hydrogens is 341 g/mol. The molecule has 0 amide bonds. The lowest BCUT2D eigenvalue weighted by molar-refractivity contribution is 0.292. The minimum absolute atomic E-state index is 0.214. The molecule has 1 unspecified atom stereocenters. The zero-order chi connectivity index (χ0) is 19.6. The standard InChI is InChI=1S/C21H34FN5/c1-5-27(6-2)13-7-8-16(3)26-21(23-4)24-12-11-17-15-25-20-14-18(22)9-10-19(17)20/h9-10,14-16,25H,5-8,11-13H2,1-4H3,(H2,23,24,26). The van der Waals surface area contributed by atoms with Gasteiger partial charge in [0.1, 0.15) is 5.82 Å². The topological polar surface area (TPSA) is 55.4 Å². The molecule has 0 fully saturated rings. The molecule has 3 N–H and O–H groups in total. The maximum Gasteiger partial charge on any atom is 0.191 e. The van der Waals surface area contributed by atoms with E-state index in [1.54, 1.807) is 7.05 Å². The maximum atomic E-state index is 13.3. The molecule has 6 heteroatoms. The van der Waals surface area contributed by atoms with E-state index in [0.717, 1.165) is 55.9 Å². The molecule has 0 aliphatic carbocycles. The van der Waals surface area contributed by atoms with Crippen molar-refractivity contribution in [2.24, 2.45) is 4.99 Å². The van der Waals surface area contributed by atoms with Crippen LogP contribution in [0.2, 0.25) is 0 Å². The monoisotopic (exact) mass is 375 g/mol. The number of nitrogens with zero attached hydrogens (tertiary/aromatic N) is 2. The van der Waals surface area contributed by atoms with Gasteiger partial charge in [0.15, 0.2) is 5.96 Å². The Balaban J connectivity index is 1.74. The third-order valence-electron chi connectivity index (χ3n) is 5.03. The number of halogens is 1. The van der Waals surface area contributed by atoms with Gasteiger partial charge in [0.05, 0.1) is 0 Å². The summed E-state index contributed by atoms with van der Waals surface area (Å²) in [6, 6.07) is 5.25. The Morgan fingerprint density at radius 1 is 1.30 bits per heavy atom. The van der Waals surface area contributed by atoms with Gasteiger partial charge in [-0.05, 0) is 69.6 Å². The van der Waals surface area contributed by atoms with Crippen LogP contribution in [0.25, 0.3) is 10.9 Å². The van der Waals surface area contributed by atoms with E-state index in [1.165, 1.54) is 24.1 Å². The van der Waals surface area contributed by atoms with Gasteiger partial charge in [0.25, 0.3) is 0 Å². The summed E-state index contributed by atoms with van der Waals surface area (Å²) in [7, 11) is 1.80. The van der Waals surface area contributed by atoms with Gasteiger partial charge < -0.3 is 20.5 Å². The molecule has 1 aromatic carbocycles. The van der Waals surface area contributed by atoms with Crippen molar-refractivity contribution in [2.45, 2.75) is 46.1 Å². The number of aromatic amines is 1. The van der Waals surface area contributed by atoms with Crippen LogP contribution in [0.1, 0.15) is 39.2 Å². The zero-order valence-electron chi connectivity index (χ0n) is 17.1. The molecule has 0 saturated carbocycles. The largest absolute Gasteiger partial charge is 0.361 e. The third kappa shape index (κ3) is 6.54. The molecule has 0 radical (unpaired) electrons. The first-order chi connectivity index (χ1) is 13.1. The van der Waals surface area contributed by atoms with Crippen molar-refractivity contribution in [3.8, 4) is 0 Å². The third-order valence-corrected chi connectivity index (χ3v) is 5.03. The predicted molar refractivity (Wildman–Crippen MR) is 113 cm³/mol. The average molecular weight is 376 g/mol. The summed E-state index contributed by atoms with van der Waals surface area (Å²) in [6.07, 6.45) is 5.10. The highest BCUT2D eigenvalue weighted by atomic mass is 19.1. The van der Waals surface area contributed by atoms with E-state index in [2.05, 4.69) is 46.3 Å². The van der Waals surface area contributed by atoms with Gasteiger partial charge in [-0.15, -0.1) is 0 Å². The quantitative estimate of drug-likeness (QED) is 0.440. The van der Waals surface area contributed by atoms with Gasteiger partial charge in [-0.1, -0.05) is 13.8 Å². The normalized spacial score (nSPS) is 13.3. The van der Waals surface area contributed by atoms with Gasteiger partial charge >= 0.3 is 0 Å². The number of aromatic nitrogens is 1. The van der Waals surface area contributed by atoms with E-state index in [9.17, 15) is 4.39 Å². The molecule has 0 aliphatic heterocycles. The first-order valence-electron chi connectivity index (χ1n) is 10.0.